The van der Waals surface area contributed by atoms with E-state index in [4.69, 9.17) is 11.2 Å². The Labute approximate surface area is 136 Å². The molecule has 3 rings (SSSR count). The zero-order valence-electron chi connectivity index (χ0n) is 13.0. The highest BCUT2D eigenvalue weighted by Crippen LogP contribution is 2.20. The van der Waals surface area contributed by atoms with E-state index in [1.165, 1.54) is 7.05 Å². The van der Waals surface area contributed by atoms with Crippen LogP contribution in [-0.4, -0.2) is 35.2 Å². The summed E-state index contributed by atoms with van der Waals surface area (Å²) in [5, 5.41) is 18.7. The molecular weight excluding hydrogens is 310 g/mol. The Morgan fingerprint density at radius 2 is 2.04 bits per heavy atom. The molecule has 120 valence electrons. The third-order valence-electron chi connectivity index (χ3n) is 3.36. The summed E-state index contributed by atoms with van der Waals surface area (Å²) in [6.45, 7) is 1.99. The van der Waals surface area contributed by atoms with Crippen LogP contribution in [-0.2, 0) is 13.7 Å². The van der Waals surface area contributed by atoms with Gasteiger partial charge in [0.25, 0.3) is 0 Å². The van der Waals surface area contributed by atoms with E-state index in [9.17, 15) is 4.79 Å². The van der Waals surface area contributed by atoms with Crippen LogP contribution in [0.3, 0.4) is 0 Å². The first-order valence-corrected chi connectivity index (χ1v) is 6.98. The molecule has 2 aromatic heterocycles. The molecule has 0 atom stereocenters. The Morgan fingerprint density at radius 1 is 1.25 bits per heavy atom. The van der Waals surface area contributed by atoms with E-state index in [2.05, 4.69) is 31.8 Å². The summed E-state index contributed by atoms with van der Waals surface area (Å²) in [7, 11) is 1.48. The zero-order chi connectivity index (χ0) is 17.1. The molecule has 0 N–H and O–H groups in total. The van der Waals surface area contributed by atoms with Gasteiger partial charge in [0.2, 0.25) is 0 Å². The fourth-order valence-electron chi connectivity index (χ4n) is 2.07. The van der Waals surface area contributed by atoms with Crippen LogP contribution in [0.2, 0.25) is 0 Å². The molecule has 0 radical (unpaired) electrons. The third kappa shape index (κ3) is 2.72. The highest BCUT2D eigenvalue weighted by atomic mass is 16.5. The first-order chi connectivity index (χ1) is 11.6. The largest absolute Gasteiger partial charge is 0.488 e. The van der Waals surface area contributed by atoms with Crippen LogP contribution < -0.4 is 10.4 Å². The molecule has 0 aliphatic carbocycles. The zero-order valence-corrected chi connectivity index (χ0v) is 13.0. The molecule has 0 unspecified atom stereocenters. The van der Waals surface area contributed by atoms with Crippen molar-refractivity contribution in [1.29, 1.82) is 0 Å². The molecule has 0 fully saturated rings. The van der Waals surface area contributed by atoms with Crippen LogP contribution in [0.5, 0.6) is 5.75 Å². The van der Waals surface area contributed by atoms with Gasteiger partial charge in [0.05, 0.1) is 5.56 Å². The smallest absolute Gasteiger partial charge is 0.369 e. The molecule has 0 bridgehead atoms. The Hall–Kier alpha value is -3.54. The van der Waals surface area contributed by atoms with Crippen LogP contribution in [0.25, 0.3) is 5.82 Å². The quantitative estimate of drug-likeness (QED) is 0.624. The van der Waals surface area contributed by atoms with Gasteiger partial charge in [0.1, 0.15) is 18.1 Å². The summed E-state index contributed by atoms with van der Waals surface area (Å²) in [5.74, 6) is 3.25. The van der Waals surface area contributed by atoms with Crippen molar-refractivity contribution in [3.8, 4) is 23.9 Å². The van der Waals surface area contributed by atoms with Crippen LogP contribution in [0.15, 0.2) is 29.1 Å². The van der Waals surface area contributed by atoms with Gasteiger partial charge in [0, 0.05) is 7.05 Å². The highest BCUT2D eigenvalue weighted by molar-refractivity contribution is 5.42. The average Bonchev–Trinajstić information content (AvgIpc) is 2.93. The second kappa shape index (κ2) is 6.29. The van der Waals surface area contributed by atoms with E-state index in [-0.39, 0.29) is 18.1 Å². The van der Waals surface area contributed by atoms with Gasteiger partial charge in [-0.05, 0) is 40.1 Å². The fraction of sp³-hybridized carbons (Fsp3) is 0.200. The predicted molar refractivity (Wildman–Crippen MR) is 83.4 cm³/mol. The molecule has 1 aromatic carbocycles. The number of terminal acetylenes is 1. The summed E-state index contributed by atoms with van der Waals surface area (Å²) in [5.41, 5.74) is 1.15. The van der Waals surface area contributed by atoms with Gasteiger partial charge in [-0.1, -0.05) is 18.2 Å². The summed E-state index contributed by atoms with van der Waals surface area (Å²) in [6.07, 6.45) is 5.48. The standard InChI is InChI=1S/C15H13N7O2/c1-4-12-11(9-24-13-8-6-5-7-10(13)2)14(17-18-16-12)22-15(23)21(3)19-20-22/h1,5-8H,9H2,2-3H3. The molecule has 0 saturated heterocycles. The third-order valence-corrected chi connectivity index (χ3v) is 3.36. The van der Waals surface area contributed by atoms with Crippen molar-refractivity contribution in [2.45, 2.75) is 13.5 Å². The van der Waals surface area contributed by atoms with Crippen molar-refractivity contribution in [2.24, 2.45) is 7.05 Å². The SMILES string of the molecule is C#Cc1nnnc(-n2nnn(C)c2=O)c1COc1ccccc1C. The van der Waals surface area contributed by atoms with E-state index in [0.29, 0.717) is 11.3 Å². The lowest BCUT2D eigenvalue weighted by Gasteiger charge is -2.11. The monoisotopic (exact) mass is 323 g/mol. The number of aryl methyl sites for hydroxylation is 2. The first-order valence-electron chi connectivity index (χ1n) is 6.98. The van der Waals surface area contributed by atoms with Crippen molar-refractivity contribution in [1.82, 2.24) is 35.2 Å². The molecule has 0 amide bonds. The Morgan fingerprint density at radius 3 is 2.71 bits per heavy atom. The molecule has 0 spiro atoms. The number of rotatable bonds is 4. The summed E-state index contributed by atoms with van der Waals surface area (Å²) in [6, 6.07) is 7.53. The van der Waals surface area contributed by atoms with Crippen molar-refractivity contribution in [2.75, 3.05) is 0 Å². The second-order valence-corrected chi connectivity index (χ2v) is 4.94. The van der Waals surface area contributed by atoms with Gasteiger partial charge in [0.15, 0.2) is 5.82 Å². The number of tetrazole rings is 1. The topological polar surface area (TPSA) is 101 Å². The minimum absolute atomic E-state index is 0.0608. The average molecular weight is 323 g/mol. The van der Waals surface area contributed by atoms with Gasteiger partial charge < -0.3 is 4.74 Å². The molecule has 9 heteroatoms. The Balaban J connectivity index is 2.03. The second-order valence-electron chi connectivity index (χ2n) is 4.94. The van der Waals surface area contributed by atoms with Crippen molar-refractivity contribution in [3.63, 3.8) is 0 Å². The molecule has 24 heavy (non-hydrogen) atoms. The van der Waals surface area contributed by atoms with E-state index in [1.54, 1.807) is 0 Å². The fourth-order valence-corrected chi connectivity index (χ4v) is 2.07. The van der Waals surface area contributed by atoms with Crippen molar-refractivity contribution in [3.05, 3.63) is 51.6 Å². The Kier molecular flexibility index (Phi) is 4.03. The number of ether oxygens (including phenoxy) is 1. The van der Waals surface area contributed by atoms with Gasteiger partial charge in [-0.25, -0.2) is 4.79 Å². The number of nitrogens with zero attached hydrogens (tertiary/aromatic N) is 7. The maximum atomic E-state index is 12.1. The molecule has 3 aromatic rings. The van der Waals surface area contributed by atoms with E-state index in [1.807, 2.05) is 31.2 Å². The predicted octanol–water partition coefficient (Wildman–Crippen LogP) is 0.0197. The molecular formula is C15H13N7O2. The minimum atomic E-state index is -0.476. The minimum Gasteiger partial charge on any atom is -0.488 e. The maximum absolute atomic E-state index is 12.1. The number of hydrogen-bond acceptors (Lipinski definition) is 7. The molecule has 0 aliphatic heterocycles. The van der Waals surface area contributed by atoms with E-state index >= 15 is 0 Å². The first kappa shape index (κ1) is 15.4. The van der Waals surface area contributed by atoms with Crippen LogP contribution in [0.4, 0.5) is 0 Å². The number of aromatic nitrogens is 7. The van der Waals surface area contributed by atoms with E-state index in [0.717, 1.165) is 14.9 Å². The van der Waals surface area contributed by atoms with Gasteiger partial charge in [-0.2, -0.15) is 4.68 Å². The van der Waals surface area contributed by atoms with Gasteiger partial charge >= 0.3 is 5.69 Å². The van der Waals surface area contributed by atoms with E-state index < -0.39 is 5.69 Å². The summed E-state index contributed by atoms with van der Waals surface area (Å²) < 4.78 is 7.88. The lowest BCUT2D eigenvalue weighted by Crippen LogP contribution is -2.25. The number of hydrogen-bond donors (Lipinski definition) is 0. The summed E-state index contributed by atoms with van der Waals surface area (Å²) in [4.78, 5) is 12.1. The Bertz CT molecular complexity index is 984. The van der Waals surface area contributed by atoms with Gasteiger partial charge in [-0.15, -0.1) is 21.3 Å². The molecule has 0 aliphatic rings. The highest BCUT2D eigenvalue weighted by Gasteiger charge is 2.18. The normalized spacial score (nSPS) is 10.4. The van der Waals surface area contributed by atoms with Crippen LogP contribution in [0.1, 0.15) is 16.8 Å². The molecule has 0 saturated carbocycles. The molecule has 2 heterocycles. The lowest BCUT2D eigenvalue weighted by molar-refractivity contribution is 0.301. The summed E-state index contributed by atoms with van der Waals surface area (Å²) >= 11 is 0. The lowest BCUT2D eigenvalue weighted by atomic mass is 10.2. The van der Waals surface area contributed by atoms with Crippen molar-refractivity contribution < 1.29 is 4.74 Å². The number of benzene rings is 1. The molecule has 9 nitrogen and oxygen atoms in total. The van der Waals surface area contributed by atoms with Crippen LogP contribution >= 0.6 is 0 Å². The maximum Gasteiger partial charge on any atom is 0.369 e. The van der Waals surface area contributed by atoms with Crippen LogP contribution in [0, 0.1) is 19.3 Å². The number of para-hydroxylation sites is 1. The van der Waals surface area contributed by atoms with Gasteiger partial charge in [-0.3, -0.25) is 0 Å². The van der Waals surface area contributed by atoms with Crippen molar-refractivity contribution >= 4 is 0 Å².